The molecule has 0 aliphatic rings. The molecule has 0 N–H and O–H groups in total. The van der Waals surface area contributed by atoms with Crippen LogP contribution in [-0.2, 0) is 5.41 Å². The van der Waals surface area contributed by atoms with Gasteiger partial charge in [-0.15, -0.1) is 11.3 Å². The lowest BCUT2D eigenvalue weighted by Gasteiger charge is -2.38. The van der Waals surface area contributed by atoms with E-state index in [0.717, 1.165) is 0 Å². The Morgan fingerprint density at radius 3 is 1.56 bits per heavy atom. The first kappa shape index (κ1) is 17.8. The average Bonchev–Trinajstić information content (AvgIpc) is 3.12. The number of hydrogen-bond acceptors (Lipinski definition) is 1. The van der Waals surface area contributed by atoms with Crippen LogP contribution in [0.1, 0.15) is 38.3 Å². The minimum absolute atomic E-state index is 0.317. The minimum Gasteiger partial charge on any atom is -0.149 e. The SMILES string of the molecule is Cc1ccccc1C(c1ccccc1)(c1ccccc1C)c1ccsc1C. The van der Waals surface area contributed by atoms with Crippen LogP contribution in [-0.4, -0.2) is 0 Å². The van der Waals surface area contributed by atoms with Gasteiger partial charge in [-0.1, -0.05) is 78.9 Å². The van der Waals surface area contributed by atoms with E-state index in [-0.39, 0.29) is 5.41 Å². The summed E-state index contributed by atoms with van der Waals surface area (Å²) in [5, 5.41) is 2.22. The standard InChI is InChI=1S/C26H24S/c1-19-11-7-9-15-23(19)26(22-13-5-4-6-14-22,25-17-18-27-21(25)3)24-16-10-8-12-20(24)2/h4-18H,1-3H3. The zero-order chi connectivity index (χ0) is 18.9. The lowest BCUT2D eigenvalue weighted by molar-refractivity contribution is 0.730. The number of aryl methyl sites for hydroxylation is 3. The van der Waals surface area contributed by atoms with Crippen molar-refractivity contribution < 1.29 is 0 Å². The lowest BCUT2D eigenvalue weighted by Crippen LogP contribution is -2.33. The first-order chi connectivity index (χ1) is 13.2. The maximum absolute atomic E-state index is 2.31. The third kappa shape index (κ3) is 2.83. The van der Waals surface area contributed by atoms with Crippen LogP contribution < -0.4 is 0 Å². The molecule has 0 spiro atoms. The van der Waals surface area contributed by atoms with Gasteiger partial charge in [-0.05, 0) is 65.6 Å². The Morgan fingerprint density at radius 2 is 1.07 bits per heavy atom. The van der Waals surface area contributed by atoms with Gasteiger partial charge in [0, 0.05) is 4.88 Å². The van der Waals surface area contributed by atoms with Gasteiger partial charge in [-0.25, -0.2) is 0 Å². The zero-order valence-electron chi connectivity index (χ0n) is 16.1. The molecule has 27 heavy (non-hydrogen) atoms. The molecule has 4 rings (SSSR count). The second-order valence-electron chi connectivity index (χ2n) is 7.14. The molecule has 4 aromatic rings. The molecule has 3 aromatic carbocycles. The molecule has 0 atom stereocenters. The van der Waals surface area contributed by atoms with E-state index >= 15 is 0 Å². The van der Waals surface area contributed by atoms with Gasteiger partial charge in [0.2, 0.25) is 0 Å². The molecule has 0 aliphatic carbocycles. The molecular formula is C26H24S. The van der Waals surface area contributed by atoms with Crippen molar-refractivity contribution in [3.8, 4) is 0 Å². The third-order valence-corrected chi connectivity index (χ3v) is 6.41. The van der Waals surface area contributed by atoms with Gasteiger partial charge in [0.15, 0.2) is 0 Å². The fourth-order valence-corrected chi connectivity index (χ4v) is 5.11. The summed E-state index contributed by atoms with van der Waals surface area (Å²) in [4.78, 5) is 1.37. The minimum atomic E-state index is -0.317. The van der Waals surface area contributed by atoms with Crippen LogP contribution in [0.15, 0.2) is 90.3 Å². The van der Waals surface area contributed by atoms with Crippen molar-refractivity contribution in [3.05, 3.63) is 129 Å². The summed E-state index contributed by atoms with van der Waals surface area (Å²) in [6, 6.07) is 30.9. The highest BCUT2D eigenvalue weighted by Crippen LogP contribution is 2.49. The number of benzene rings is 3. The summed E-state index contributed by atoms with van der Waals surface area (Å²) in [6.45, 7) is 6.70. The van der Waals surface area contributed by atoms with Gasteiger partial charge in [0.1, 0.15) is 0 Å². The lowest BCUT2D eigenvalue weighted by atomic mass is 9.63. The van der Waals surface area contributed by atoms with Gasteiger partial charge in [0.05, 0.1) is 5.41 Å². The Morgan fingerprint density at radius 1 is 0.556 bits per heavy atom. The van der Waals surface area contributed by atoms with Gasteiger partial charge in [0.25, 0.3) is 0 Å². The molecule has 0 saturated carbocycles. The second kappa shape index (κ2) is 7.17. The summed E-state index contributed by atoms with van der Waals surface area (Å²) >= 11 is 1.83. The molecule has 134 valence electrons. The molecule has 0 nitrogen and oxygen atoms in total. The highest BCUT2D eigenvalue weighted by atomic mass is 32.1. The first-order valence-corrected chi connectivity index (χ1v) is 10.3. The maximum Gasteiger partial charge on any atom is 0.0717 e. The van der Waals surface area contributed by atoms with Crippen LogP contribution >= 0.6 is 11.3 Å². The van der Waals surface area contributed by atoms with Crippen LogP contribution in [0, 0.1) is 20.8 Å². The number of thiophene rings is 1. The fourth-order valence-electron chi connectivity index (χ4n) is 4.35. The predicted octanol–water partition coefficient (Wildman–Crippen LogP) is 7.06. The van der Waals surface area contributed by atoms with E-state index in [1.807, 2.05) is 11.3 Å². The van der Waals surface area contributed by atoms with E-state index in [2.05, 4.69) is 111 Å². The van der Waals surface area contributed by atoms with Crippen LogP contribution in [0.4, 0.5) is 0 Å². The topological polar surface area (TPSA) is 0 Å². The smallest absolute Gasteiger partial charge is 0.0717 e. The molecule has 0 saturated heterocycles. The largest absolute Gasteiger partial charge is 0.149 e. The van der Waals surface area contributed by atoms with Gasteiger partial charge < -0.3 is 0 Å². The number of hydrogen-bond donors (Lipinski definition) is 0. The Bertz CT molecular complexity index is 1010. The molecule has 0 amide bonds. The maximum atomic E-state index is 2.31. The predicted molar refractivity (Wildman–Crippen MR) is 117 cm³/mol. The van der Waals surface area contributed by atoms with Crippen LogP contribution in [0.2, 0.25) is 0 Å². The van der Waals surface area contributed by atoms with Crippen molar-refractivity contribution in [1.82, 2.24) is 0 Å². The Balaban J connectivity index is 2.22. The van der Waals surface area contributed by atoms with Crippen LogP contribution in [0.25, 0.3) is 0 Å². The van der Waals surface area contributed by atoms with E-state index in [9.17, 15) is 0 Å². The van der Waals surface area contributed by atoms with E-state index in [4.69, 9.17) is 0 Å². The molecule has 0 fully saturated rings. The Labute approximate surface area is 166 Å². The van der Waals surface area contributed by atoms with E-state index in [1.54, 1.807) is 0 Å². The van der Waals surface area contributed by atoms with Crippen molar-refractivity contribution >= 4 is 11.3 Å². The van der Waals surface area contributed by atoms with Crippen LogP contribution in [0.3, 0.4) is 0 Å². The summed E-state index contributed by atoms with van der Waals surface area (Å²) in [5.41, 5.74) is 7.71. The first-order valence-electron chi connectivity index (χ1n) is 9.38. The molecule has 1 aromatic heterocycles. The highest BCUT2D eigenvalue weighted by Gasteiger charge is 2.41. The zero-order valence-corrected chi connectivity index (χ0v) is 16.9. The van der Waals surface area contributed by atoms with Gasteiger partial charge >= 0.3 is 0 Å². The van der Waals surface area contributed by atoms with Crippen molar-refractivity contribution in [2.45, 2.75) is 26.2 Å². The number of rotatable bonds is 4. The van der Waals surface area contributed by atoms with Crippen molar-refractivity contribution in [2.24, 2.45) is 0 Å². The van der Waals surface area contributed by atoms with E-state index < -0.39 is 0 Å². The Kier molecular flexibility index (Phi) is 4.72. The molecule has 0 unspecified atom stereocenters. The molecular weight excluding hydrogens is 344 g/mol. The van der Waals surface area contributed by atoms with Crippen molar-refractivity contribution in [3.63, 3.8) is 0 Å². The van der Waals surface area contributed by atoms with E-state index in [1.165, 1.54) is 38.3 Å². The molecule has 0 radical (unpaired) electrons. The van der Waals surface area contributed by atoms with Gasteiger partial charge in [-0.2, -0.15) is 0 Å². The summed E-state index contributed by atoms with van der Waals surface area (Å²) in [5.74, 6) is 0. The summed E-state index contributed by atoms with van der Waals surface area (Å²) < 4.78 is 0. The summed E-state index contributed by atoms with van der Waals surface area (Å²) in [7, 11) is 0. The summed E-state index contributed by atoms with van der Waals surface area (Å²) in [6.07, 6.45) is 0. The van der Waals surface area contributed by atoms with E-state index in [0.29, 0.717) is 0 Å². The average molecular weight is 369 g/mol. The molecule has 1 heterocycles. The Hall–Kier alpha value is -2.64. The van der Waals surface area contributed by atoms with Crippen LogP contribution in [0.5, 0.6) is 0 Å². The van der Waals surface area contributed by atoms with Gasteiger partial charge in [-0.3, -0.25) is 0 Å². The molecule has 0 bridgehead atoms. The normalized spacial score (nSPS) is 11.5. The van der Waals surface area contributed by atoms with Crippen molar-refractivity contribution in [1.29, 1.82) is 0 Å². The quantitative estimate of drug-likeness (QED) is 0.338. The monoisotopic (exact) mass is 368 g/mol. The highest BCUT2D eigenvalue weighted by molar-refractivity contribution is 7.10. The van der Waals surface area contributed by atoms with Crippen molar-refractivity contribution in [2.75, 3.05) is 0 Å². The third-order valence-electron chi connectivity index (χ3n) is 5.57. The fraction of sp³-hybridized carbons (Fsp3) is 0.154. The molecule has 1 heteroatoms. The molecule has 0 aliphatic heterocycles. The second-order valence-corrected chi connectivity index (χ2v) is 8.26.